The van der Waals surface area contributed by atoms with Crippen molar-refractivity contribution in [1.29, 1.82) is 0 Å². The summed E-state index contributed by atoms with van der Waals surface area (Å²) in [6, 6.07) is -0.758. The Labute approximate surface area is 355 Å². The Balaban J connectivity index is 3.51. The highest BCUT2D eigenvalue weighted by Crippen LogP contribution is 2.16. The molecular formula is C52H99NO4. The van der Waals surface area contributed by atoms with Crippen molar-refractivity contribution in [2.24, 2.45) is 0 Å². The fraction of sp³-hybridized carbons (Fsp3) is 0.865. The van der Waals surface area contributed by atoms with Crippen LogP contribution in [0, 0.1) is 0 Å². The van der Waals surface area contributed by atoms with E-state index in [4.69, 9.17) is 0 Å². The second kappa shape index (κ2) is 47.3. The molecule has 3 atom stereocenters. The molecule has 0 aliphatic heterocycles. The minimum atomic E-state index is -0.949. The molecule has 0 saturated heterocycles. The first-order valence-electron chi connectivity index (χ1n) is 25.3. The maximum atomic E-state index is 12.4. The molecule has 0 aliphatic carbocycles. The topological polar surface area (TPSA) is 89.8 Å². The monoisotopic (exact) mass is 802 g/mol. The van der Waals surface area contributed by atoms with Crippen LogP contribution in [0.25, 0.3) is 0 Å². The summed E-state index contributed by atoms with van der Waals surface area (Å²) in [5.41, 5.74) is 0. The van der Waals surface area contributed by atoms with Gasteiger partial charge < -0.3 is 20.6 Å². The van der Waals surface area contributed by atoms with Gasteiger partial charge in [0.15, 0.2) is 0 Å². The third-order valence-electron chi connectivity index (χ3n) is 11.6. The molecule has 0 aromatic rings. The van der Waals surface area contributed by atoms with Gasteiger partial charge in [0.05, 0.1) is 31.3 Å². The first-order chi connectivity index (χ1) is 28.0. The lowest BCUT2D eigenvalue weighted by molar-refractivity contribution is -0.124. The van der Waals surface area contributed by atoms with Gasteiger partial charge in [0.25, 0.3) is 0 Å². The number of aliphatic hydroxyl groups is 3. The number of hydrogen-bond donors (Lipinski definition) is 4. The molecule has 1 amide bonds. The summed E-state index contributed by atoms with van der Waals surface area (Å²) in [6.45, 7) is 4.19. The van der Waals surface area contributed by atoms with Gasteiger partial charge in [0.1, 0.15) is 0 Å². The third-order valence-corrected chi connectivity index (χ3v) is 11.6. The molecule has 57 heavy (non-hydrogen) atoms. The van der Waals surface area contributed by atoms with Gasteiger partial charge in [-0.05, 0) is 57.8 Å². The van der Waals surface area contributed by atoms with Crippen molar-refractivity contribution in [2.75, 3.05) is 6.61 Å². The Bertz CT molecular complexity index is 885. The predicted molar refractivity (Wildman–Crippen MR) is 250 cm³/mol. The molecule has 5 heteroatoms. The first-order valence-corrected chi connectivity index (χ1v) is 25.3. The average molecular weight is 802 g/mol. The summed E-state index contributed by atoms with van der Waals surface area (Å²) in [5.74, 6) is -0.325. The average Bonchev–Trinajstić information content (AvgIpc) is 3.20. The van der Waals surface area contributed by atoms with Crippen LogP contribution >= 0.6 is 0 Å². The molecule has 0 fully saturated rings. The zero-order chi connectivity index (χ0) is 41.5. The lowest BCUT2D eigenvalue weighted by atomic mass is 10.0. The quantitative estimate of drug-likeness (QED) is 0.0365. The third kappa shape index (κ3) is 44.0. The van der Waals surface area contributed by atoms with Crippen LogP contribution in [0.2, 0.25) is 0 Å². The van der Waals surface area contributed by atoms with Crippen molar-refractivity contribution in [3.63, 3.8) is 0 Å². The number of hydrogen-bond acceptors (Lipinski definition) is 4. The van der Waals surface area contributed by atoms with E-state index in [0.29, 0.717) is 6.42 Å². The number of unbranched alkanes of at least 4 members (excludes halogenated alkanes) is 33. The molecule has 5 nitrogen and oxygen atoms in total. The molecular weight excluding hydrogens is 703 g/mol. The molecule has 0 bridgehead atoms. The van der Waals surface area contributed by atoms with E-state index in [2.05, 4.69) is 43.5 Å². The Morgan fingerprint density at radius 2 is 0.754 bits per heavy atom. The summed E-state index contributed by atoms with van der Waals surface area (Å²) in [4.78, 5) is 12.4. The molecule has 4 N–H and O–H groups in total. The van der Waals surface area contributed by atoms with Crippen LogP contribution < -0.4 is 5.32 Å². The van der Waals surface area contributed by atoms with E-state index in [-0.39, 0.29) is 18.9 Å². The molecule has 0 aromatic carbocycles. The lowest BCUT2D eigenvalue weighted by Gasteiger charge is -2.21. The maximum absolute atomic E-state index is 12.4. The second-order valence-corrected chi connectivity index (χ2v) is 17.4. The van der Waals surface area contributed by atoms with E-state index in [1.54, 1.807) is 6.08 Å². The Hall–Kier alpha value is -1.43. The van der Waals surface area contributed by atoms with Crippen LogP contribution in [0.5, 0.6) is 0 Å². The van der Waals surface area contributed by atoms with E-state index in [1.165, 1.54) is 205 Å². The SMILES string of the molecule is CCCCCCC/C=C/CC/C=C/C(O)C(CO)NC(=O)CC(O)CCCCCCCCCCCCCCCCC/C=C\CCCCCCCCCCCCCC. The first kappa shape index (κ1) is 55.6. The van der Waals surface area contributed by atoms with Crippen LogP contribution in [0.4, 0.5) is 0 Å². The number of carbonyl (C=O) groups is 1. The summed E-state index contributed by atoms with van der Waals surface area (Å²) in [6.07, 6.45) is 60.5. The normalized spacial score (nSPS) is 13.7. The van der Waals surface area contributed by atoms with Gasteiger partial charge in [-0.1, -0.05) is 237 Å². The molecule has 0 radical (unpaired) electrons. The van der Waals surface area contributed by atoms with Gasteiger partial charge in [-0.2, -0.15) is 0 Å². The summed E-state index contributed by atoms with van der Waals surface area (Å²) in [5, 5.41) is 33.2. The highest BCUT2D eigenvalue weighted by molar-refractivity contribution is 5.76. The summed E-state index contributed by atoms with van der Waals surface area (Å²) in [7, 11) is 0. The molecule has 336 valence electrons. The summed E-state index contributed by atoms with van der Waals surface area (Å²) >= 11 is 0. The number of aliphatic hydroxyl groups excluding tert-OH is 3. The van der Waals surface area contributed by atoms with E-state index >= 15 is 0 Å². The van der Waals surface area contributed by atoms with Crippen molar-refractivity contribution in [3.05, 3.63) is 36.5 Å². The minimum absolute atomic E-state index is 0.00730. The highest BCUT2D eigenvalue weighted by Gasteiger charge is 2.20. The van der Waals surface area contributed by atoms with Gasteiger partial charge in [-0.25, -0.2) is 0 Å². The molecule has 0 saturated carbocycles. The standard InChI is InChI=1S/C52H99NO4/c1-3-5-7-9-11-13-15-16-17-18-19-20-21-22-23-24-25-26-27-28-29-30-31-32-33-34-36-37-39-41-43-45-49(55)47-52(57)53-50(48-54)51(56)46-44-42-40-38-35-14-12-10-8-6-4-2/h22-23,35,38,44,46,49-51,54-56H,3-21,24-34,36-37,39-43,45,47-48H2,1-2H3,(H,53,57)/b23-22-,38-35+,46-44+. The van der Waals surface area contributed by atoms with Crippen LogP contribution in [0.15, 0.2) is 36.5 Å². The summed E-state index contributed by atoms with van der Waals surface area (Å²) < 4.78 is 0. The predicted octanol–water partition coefficient (Wildman–Crippen LogP) is 15.1. The van der Waals surface area contributed by atoms with Gasteiger partial charge in [-0.15, -0.1) is 0 Å². The van der Waals surface area contributed by atoms with Gasteiger partial charge in [0.2, 0.25) is 5.91 Å². The zero-order valence-electron chi connectivity index (χ0n) is 38.2. The van der Waals surface area contributed by atoms with Gasteiger partial charge in [0, 0.05) is 0 Å². The van der Waals surface area contributed by atoms with Crippen LogP contribution in [0.3, 0.4) is 0 Å². The van der Waals surface area contributed by atoms with Crippen LogP contribution in [-0.4, -0.2) is 46.1 Å². The number of rotatable bonds is 46. The number of allylic oxidation sites excluding steroid dienone is 5. The Morgan fingerprint density at radius 1 is 0.439 bits per heavy atom. The minimum Gasteiger partial charge on any atom is -0.394 e. The molecule has 3 unspecified atom stereocenters. The number of amides is 1. The molecule has 0 rings (SSSR count). The van der Waals surface area contributed by atoms with Crippen molar-refractivity contribution >= 4 is 5.91 Å². The smallest absolute Gasteiger partial charge is 0.222 e. The Kier molecular flexibility index (Phi) is 46.1. The van der Waals surface area contributed by atoms with Crippen molar-refractivity contribution in [2.45, 2.75) is 283 Å². The highest BCUT2D eigenvalue weighted by atomic mass is 16.3. The molecule has 0 heterocycles. The molecule has 0 aromatic heterocycles. The number of nitrogens with one attached hydrogen (secondary N) is 1. The Morgan fingerprint density at radius 3 is 1.12 bits per heavy atom. The van der Waals surface area contributed by atoms with Crippen molar-refractivity contribution in [1.82, 2.24) is 5.32 Å². The van der Waals surface area contributed by atoms with E-state index in [1.807, 2.05) is 6.08 Å². The van der Waals surface area contributed by atoms with E-state index in [9.17, 15) is 20.1 Å². The van der Waals surface area contributed by atoms with Gasteiger partial charge >= 0.3 is 0 Å². The van der Waals surface area contributed by atoms with E-state index < -0.39 is 18.2 Å². The van der Waals surface area contributed by atoms with Crippen LogP contribution in [-0.2, 0) is 4.79 Å². The lowest BCUT2D eigenvalue weighted by Crippen LogP contribution is -2.45. The zero-order valence-corrected chi connectivity index (χ0v) is 38.2. The maximum Gasteiger partial charge on any atom is 0.222 e. The molecule has 0 aliphatic rings. The molecule has 0 spiro atoms. The van der Waals surface area contributed by atoms with E-state index in [0.717, 1.165) is 32.1 Å². The van der Waals surface area contributed by atoms with Crippen LogP contribution in [0.1, 0.15) is 264 Å². The second-order valence-electron chi connectivity index (χ2n) is 17.4. The largest absolute Gasteiger partial charge is 0.394 e. The fourth-order valence-electron chi connectivity index (χ4n) is 7.76. The fourth-order valence-corrected chi connectivity index (χ4v) is 7.76. The van der Waals surface area contributed by atoms with Crippen molar-refractivity contribution in [3.8, 4) is 0 Å². The number of carbonyl (C=O) groups excluding carboxylic acids is 1. The van der Waals surface area contributed by atoms with Crippen molar-refractivity contribution < 1.29 is 20.1 Å². The van der Waals surface area contributed by atoms with Gasteiger partial charge in [-0.3, -0.25) is 4.79 Å².